The molecule has 0 saturated carbocycles. The first-order chi connectivity index (χ1) is 9.95. The van der Waals surface area contributed by atoms with Crippen LogP contribution in [-0.2, 0) is 6.42 Å². The van der Waals surface area contributed by atoms with Crippen molar-refractivity contribution < 1.29 is 4.39 Å². The largest absolute Gasteiger partial charge is 0.383 e. The summed E-state index contributed by atoms with van der Waals surface area (Å²) in [6, 6.07) is 6.21. The van der Waals surface area contributed by atoms with E-state index in [1.54, 1.807) is 12.1 Å². The second-order valence-electron chi connectivity index (χ2n) is 4.90. The van der Waals surface area contributed by atoms with Crippen molar-refractivity contribution in [3.05, 3.63) is 63.5 Å². The zero-order valence-electron chi connectivity index (χ0n) is 11.5. The van der Waals surface area contributed by atoms with E-state index in [-0.39, 0.29) is 11.7 Å². The van der Waals surface area contributed by atoms with Crippen molar-refractivity contribution in [3.63, 3.8) is 0 Å². The summed E-state index contributed by atoms with van der Waals surface area (Å²) in [5, 5.41) is 0.984. The second-order valence-corrected chi connectivity index (χ2v) is 5.75. The molecule has 0 fully saturated rings. The van der Waals surface area contributed by atoms with Crippen LogP contribution >= 0.6 is 23.2 Å². The van der Waals surface area contributed by atoms with Gasteiger partial charge in [0, 0.05) is 16.8 Å². The molecule has 1 aromatic carbocycles. The number of benzene rings is 1. The molecule has 2 nitrogen and oxygen atoms in total. The highest BCUT2D eigenvalue weighted by molar-refractivity contribution is 6.31. The zero-order chi connectivity index (χ0) is 15.4. The van der Waals surface area contributed by atoms with Crippen molar-refractivity contribution in [2.24, 2.45) is 5.92 Å². The van der Waals surface area contributed by atoms with Gasteiger partial charge in [0.1, 0.15) is 11.6 Å². The summed E-state index contributed by atoms with van der Waals surface area (Å²) < 4.78 is 13.0. The van der Waals surface area contributed by atoms with Crippen LogP contribution in [0.15, 0.2) is 36.5 Å². The third kappa shape index (κ3) is 4.45. The lowest BCUT2D eigenvalue weighted by Gasteiger charge is -2.09. The number of hydrogen-bond acceptors (Lipinski definition) is 2. The number of anilines is 1. The van der Waals surface area contributed by atoms with E-state index in [1.807, 2.05) is 19.1 Å². The third-order valence-corrected chi connectivity index (χ3v) is 3.64. The lowest BCUT2D eigenvalue weighted by Crippen LogP contribution is -1.98. The summed E-state index contributed by atoms with van der Waals surface area (Å²) in [5.74, 6) is 0.318. The standard InChI is InChI=1S/C16H15Cl2FN2/c1-10(6-11-4-5-14(19)8-15(11)18)2-3-12-7-13(17)9-21-16(12)20/h2-5,7-10H,6H2,1H3,(H2,20,21)/b3-2+. The molecular weight excluding hydrogens is 310 g/mol. The fourth-order valence-electron chi connectivity index (χ4n) is 1.97. The van der Waals surface area contributed by atoms with Crippen LogP contribution in [0.3, 0.4) is 0 Å². The molecule has 0 amide bonds. The van der Waals surface area contributed by atoms with Crippen molar-refractivity contribution in [3.8, 4) is 0 Å². The van der Waals surface area contributed by atoms with Gasteiger partial charge in [-0.3, -0.25) is 0 Å². The molecule has 5 heteroatoms. The van der Waals surface area contributed by atoms with E-state index in [9.17, 15) is 4.39 Å². The van der Waals surface area contributed by atoms with Crippen molar-refractivity contribution in [1.82, 2.24) is 4.98 Å². The number of allylic oxidation sites excluding steroid dienone is 1. The smallest absolute Gasteiger partial charge is 0.130 e. The van der Waals surface area contributed by atoms with Gasteiger partial charge >= 0.3 is 0 Å². The molecule has 0 aliphatic heterocycles. The van der Waals surface area contributed by atoms with Gasteiger partial charge in [0.25, 0.3) is 0 Å². The van der Waals surface area contributed by atoms with Gasteiger partial charge in [-0.2, -0.15) is 0 Å². The third-order valence-electron chi connectivity index (χ3n) is 3.08. The molecule has 2 N–H and O–H groups in total. The van der Waals surface area contributed by atoms with E-state index in [1.165, 1.54) is 18.3 Å². The molecule has 21 heavy (non-hydrogen) atoms. The first-order valence-corrected chi connectivity index (χ1v) is 7.24. The quantitative estimate of drug-likeness (QED) is 0.859. The summed E-state index contributed by atoms with van der Waals surface area (Å²) >= 11 is 11.9. The number of hydrogen-bond donors (Lipinski definition) is 1. The maximum absolute atomic E-state index is 13.0. The van der Waals surface area contributed by atoms with E-state index in [0.717, 1.165) is 11.1 Å². The van der Waals surface area contributed by atoms with Crippen molar-refractivity contribution in [2.45, 2.75) is 13.3 Å². The van der Waals surface area contributed by atoms with Crippen molar-refractivity contribution in [2.75, 3.05) is 5.73 Å². The van der Waals surface area contributed by atoms with Gasteiger partial charge in [0.15, 0.2) is 0 Å². The van der Waals surface area contributed by atoms with Crippen LogP contribution in [0.4, 0.5) is 10.2 Å². The summed E-state index contributed by atoms with van der Waals surface area (Å²) in [4.78, 5) is 4.00. The average molecular weight is 325 g/mol. The first-order valence-electron chi connectivity index (χ1n) is 6.49. The number of halogens is 3. The van der Waals surface area contributed by atoms with Crippen molar-refractivity contribution in [1.29, 1.82) is 0 Å². The van der Waals surface area contributed by atoms with Crippen molar-refractivity contribution >= 4 is 35.1 Å². The molecule has 0 spiro atoms. The minimum Gasteiger partial charge on any atom is -0.383 e. The van der Waals surface area contributed by atoms with Gasteiger partial charge in [-0.15, -0.1) is 0 Å². The molecule has 110 valence electrons. The Hall–Kier alpha value is -1.58. The predicted molar refractivity (Wildman–Crippen MR) is 87.0 cm³/mol. The van der Waals surface area contributed by atoms with E-state index < -0.39 is 0 Å². The number of rotatable bonds is 4. The number of aromatic nitrogens is 1. The molecule has 1 unspecified atom stereocenters. The van der Waals surface area contributed by atoms with E-state index in [2.05, 4.69) is 4.98 Å². The van der Waals surface area contributed by atoms with Gasteiger partial charge in [0.2, 0.25) is 0 Å². The van der Waals surface area contributed by atoms with Crippen LogP contribution in [0.25, 0.3) is 6.08 Å². The van der Waals surface area contributed by atoms with E-state index in [4.69, 9.17) is 28.9 Å². The Morgan fingerprint density at radius 3 is 2.81 bits per heavy atom. The van der Waals surface area contributed by atoms with Gasteiger partial charge in [0.05, 0.1) is 5.02 Å². The van der Waals surface area contributed by atoms with Gasteiger partial charge in [-0.1, -0.05) is 48.3 Å². The van der Waals surface area contributed by atoms with Crippen LogP contribution in [0.1, 0.15) is 18.1 Å². The van der Waals surface area contributed by atoms with Gasteiger partial charge in [-0.05, 0) is 36.1 Å². The minimum absolute atomic E-state index is 0.214. The van der Waals surface area contributed by atoms with Crippen LogP contribution in [0, 0.1) is 11.7 Å². The summed E-state index contributed by atoms with van der Waals surface area (Å²) in [6.07, 6.45) is 6.11. The molecule has 1 aromatic heterocycles. The fraction of sp³-hybridized carbons (Fsp3) is 0.188. The number of pyridine rings is 1. The maximum Gasteiger partial charge on any atom is 0.130 e. The van der Waals surface area contributed by atoms with E-state index >= 15 is 0 Å². The fourth-order valence-corrected chi connectivity index (χ4v) is 2.38. The molecule has 1 heterocycles. The Kier molecular flexibility index (Phi) is 5.21. The highest BCUT2D eigenvalue weighted by atomic mass is 35.5. The predicted octanol–water partition coefficient (Wildman–Crippen LogP) is 5.00. The average Bonchev–Trinajstić information content (AvgIpc) is 2.43. The Labute approximate surface area is 133 Å². The lowest BCUT2D eigenvalue weighted by atomic mass is 10.00. The molecule has 0 aliphatic rings. The number of nitrogens with zero attached hydrogens (tertiary/aromatic N) is 1. The summed E-state index contributed by atoms with van der Waals surface area (Å²) in [6.45, 7) is 2.05. The second kappa shape index (κ2) is 6.92. The highest BCUT2D eigenvalue weighted by Gasteiger charge is 2.06. The molecule has 1 atom stereocenters. The Balaban J connectivity index is 2.09. The molecule has 0 saturated heterocycles. The minimum atomic E-state index is -0.329. The zero-order valence-corrected chi connectivity index (χ0v) is 13.0. The maximum atomic E-state index is 13.0. The number of nitrogen functional groups attached to an aromatic ring is 1. The van der Waals surface area contributed by atoms with Gasteiger partial charge < -0.3 is 5.73 Å². The summed E-state index contributed by atoms with van der Waals surface area (Å²) in [7, 11) is 0. The SMILES string of the molecule is CC(/C=C/c1cc(Cl)cnc1N)Cc1ccc(F)cc1Cl. The van der Waals surface area contributed by atoms with Crippen LogP contribution in [0.5, 0.6) is 0 Å². The van der Waals surface area contributed by atoms with Crippen LogP contribution in [0.2, 0.25) is 10.0 Å². The Morgan fingerprint density at radius 1 is 1.33 bits per heavy atom. The topological polar surface area (TPSA) is 38.9 Å². The molecule has 2 rings (SSSR count). The monoisotopic (exact) mass is 324 g/mol. The van der Waals surface area contributed by atoms with E-state index in [0.29, 0.717) is 22.3 Å². The molecule has 0 aliphatic carbocycles. The highest BCUT2D eigenvalue weighted by Crippen LogP contribution is 2.22. The Morgan fingerprint density at radius 2 is 2.10 bits per heavy atom. The molecule has 2 aromatic rings. The number of nitrogens with two attached hydrogens (primary N) is 1. The summed E-state index contributed by atoms with van der Waals surface area (Å²) in [5.41, 5.74) is 7.47. The van der Waals surface area contributed by atoms with Crippen LogP contribution in [-0.4, -0.2) is 4.98 Å². The molecular formula is C16H15Cl2FN2. The Bertz CT molecular complexity index is 671. The van der Waals surface area contributed by atoms with Gasteiger partial charge in [-0.25, -0.2) is 9.37 Å². The first kappa shape index (κ1) is 15.8. The van der Waals surface area contributed by atoms with Crippen LogP contribution < -0.4 is 5.73 Å². The normalized spacial score (nSPS) is 12.8. The lowest BCUT2D eigenvalue weighted by molar-refractivity contribution is 0.625. The molecule has 0 radical (unpaired) electrons. The molecule has 0 bridgehead atoms.